The average molecular weight is 265 g/mol. The van der Waals surface area contributed by atoms with E-state index in [0.717, 1.165) is 23.8 Å². The first-order chi connectivity index (χ1) is 8.81. The maximum Gasteiger partial charge on any atom is 0.120 e. The topological polar surface area (TPSA) is 32.3 Å². The second-order valence-corrected chi connectivity index (χ2v) is 6.32. The summed E-state index contributed by atoms with van der Waals surface area (Å²) < 4.78 is 0. The molecule has 0 aliphatic carbocycles. The summed E-state index contributed by atoms with van der Waals surface area (Å²) in [5, 5.41) is 14.3. The fraction of sp³-hybridized carbons (Fsp3) is 0.600. The number of hydrogen-bond donors (Lipinski definition) is 2. The zero-order chi connectivity index (χ0) is 12.8. The van der Waals surface area contributed by atoms with Crippen molar-refractivity contribution < 1.29 is 5.11 Å². The highest BCUT2D eigenvalue weighted by molar-refractivity contribution is 7.99. The molecule has 1 heterocycles. The smallest absolute Gasteiger partial charge is 0.120 e. The molecule has 1 fully saturated rings. The maximum atomic E-state index is 9.90. The van der Waals surface area contributed by atoms with Gasteiger partial charge in [0.2, 0.25) is 0 Å². The van der Waals surface area contributed by atoms with E-state index in [-0.39, 0.29) is 6.04 Å². The van der Waals surface area contributed by atoms with Gasteiger partial charge in [0, 0.05) is 23.4 Å². The third-order valence-corrected chi connectivity index (χ3v) is 4.98. The SMILES string of the molecule is CCC(NCC1CCCCS1)c1ccccc1O. The highest BCUT2D eigenvalue weighted by Gasteiger charge is 2.17. The van der Waals surface area contributed by atoms with Crippen LogP contribution in [0.3, 0.4) is 0 Å². The van der Waals surface area contributed by atoms with Crippen LogP contribution in [0.25, 0.3) is 0 Å². The van der Waals surface area contributed by atoms with Crippen LogP contribution in [0.15, 0.2) is 24.3 Å². The molecule has 2 rings (SSSR count). The second-order valence-electron chi connectivity index (χ2n) is 4.92. The first kappa shape index (κ1) is 13.8. The quantitative estimate of drug-likeness (QED) is 0.851. The summed E-state index contributed by atoms with van der Waals surface area (Å²) in [5.41, 5.74) is 1.03. The van der Waals surface area contributed by atoms with E-state index in [1.54, 1.807) is 6.07 Å². The third-order valence-electron chi connectivity index (χ3n) is 3.59. The average Bonchev–Trinajstić information content (AvgIpc) is 2.42. The molecule has 1 aromatic rings. The fourth-order valence-corrected chi connectivity index (χ4v) is 3.75. The van der Waals surface area contributed by atoms with Crippen LogP contribution in [0.5, 0.6) is 5.75 Å². The Balaban J connectivity index is 1.91. The molecule has 1 aliphatic heterocycles. The maximum absolute atomic E-state index is 9.90. The van der Waals surface area contributed by atoms with Crippen LogP contribution in [0.1, 0.15) is 44.2 Å². The van der Waals surface area contributed by atoms with Crippen LogP contribution in [-0.4, -0.2) is 22.7 Å². The largest absolute Gasteiger partial charge is 0.508 e. The standard InChI is InChI=1S/C15H23NOS/c1-2-14(13-8-3-4-9-15(13)17)16-11-12-7-5-6-10-18-12/h3-4,8-9,12,14,16-17H,2,5-7,10-11H2,1H3. The Hall–Kier alpha value is -0.670. The number of para-hydroxylation sites is 1. The number of aromatic hydroxyl groups is 1. The molecule has 3 heteroatoms. The van der Waals surface area contributed by atoms with Crippen LogP contribution in [0.2, 0.25) is 0 Å². The van der Waals surface area contributed by atoms with Gasteiger partial charge in [0.15, 0.2) is 0 Å². The molecular formula is C15H23NOS. The van der Waals surface area contributed by atoms with Gasteiger partial charge in [0.25, 0.3) is 0 Å². The minimum atomic E-state index is 0.272. The van der Waals surface area contributed by atoms with E-state index in [9.17, 15) is 5.11 Å². The van der Waals surface area contributed by atoms with Crippen LogP contribution in [0.4, 0.5) is 0 Å². The van der Waals surface area contributed by atoms with Crippen molar-refractivity contribution in [3.8, 4) is 5.75 Å². The highest BCUT2D eigenvalue weighted by Crippen LogP contribution is 2.28. The Morgan fingerprint density at radius 2 is 2.22 bits per heavy atom. The molecule has 18 heavy (non-hydrogen) atoms. The Labute approximate surface area is 114 Å². The molecule has 0 aromatic heterocycles. The predicted octanol–water partition coefficient (Wildman–Crippen LogP) is 3.72. The monoisotopic (exact) mass is 265 g/mol. The van der Waals surface area contributed by atoms with Gasteiger partial charge in [-0.2, -0.15) is 11.8 Å². The lowest BCUT2D eigenvalue weighted by atomic mass is 10.0. The van der Waals surface area contributed by atoms with E-state index >= 15 is 0 Å². The summed E-state index contributed by atoms with van der Waals surface area (Å²) in [4.78, 5) is 0. The van der Waals surface area contributed by atoms with Crippen molar-refractivity contribution >= 4 is 11.8 Å². The number of phenolic OH excluding ortho intramolecular Hbond substituents is 1. The molecule has 2 nitrogen and oxygen atoms in total. The Morgan fingerprint density at radius 1 is 1.39 bits per heavy atom. The van der Waals surface area contributed by atoms with Crippen molar-refractivity contribution in [1.29, 1.82) is 0 Å². The van der Waals surface area contributed by atoms with Crippen LogP contribution in [0, 0.1) is 0 Å². The second kappa shape index (κ2) is 7.05. The van der Waals surface area contributed by atoms with Crippen molar-refractivity contribution in [1.82, 2.24) is 5.32 Å². The van der Waals surface area contributed by atoms with E-state index in [0.29, 0.717) is 5.75 Å². The Kier molecular flexibility index (Phi) is 5.39. The van der Waals surface area contributed by atoms with Crippen molar-refractivity contribution in [2.75, 3.05) is 12.3 Å². The van der Waals surface area contributed by atoms with Crippen molar-refractivity contribution in [3.63, 3.8) is 0 Å². The van der Waals surface area contributed by atoms with E-state index in [4.69, 9.17) is 0 Å². The van der Waals surface area contributed by atoms with Gasteiger partial charge in [0.05, 0.1) is 0 Å². The Bertz CT molecular complexity index is 363. The normalized spacial score (nSPS) is 21.7. The summed E-state index contributed by atoms with van der Waals surface area (Å²) in [5.74, 6) is 1.72. The molecular weight excluding hydrogens is 242 g/mol. The molecule has 1 aliphatic rings. The van der Waals surface area contributed by atoms with Crippen LogP contribution < -0.4 is 5.32 Å². The van der Waals surface area contributed by atoms with Gasteiger partial charge >= 0.3 is 0 Å². The molecule has 100 valence electrons. The number of hydrogen-bond acceptors (Lipinski definition) is 3. The summed E-state index contributed by atoms with van der Waals surface area (Å²) in [6.45, 7) is 3.22. The lowest BCUT2D eigenvalue weighted by Crippen LogP contribution is -2.30. The van der Waals surface area contributed by atoms with Gasteiger partial charge < -0.3 is 10.4 Å². The predicted molar refractivity (Wildman–Crippen MR) is 79.2 cm³/mol. The zero-order valence-corrected chi connectivity index (χ0v) is 11.9. The van der Waals surface area contributed by atoms with Gasteiger partial charge in [-0.15, -0.1) is 0 Å². The van der Waals surface area contributed by atoms with Gasteiger partial charge in [-0.3, -0.25) is 0 Å². The fourth-order valence-electron chi connectivity index (χ4n) is 2.50. The van der Waals surface area contributed by atoms with E-state index in [1.165, 1.54) is 25.0 Å². The van der Waals surface area contributed by atoms with Gasteiger partial charge in [-0.25, -0.2) is 0 Å². The molecule has 2 unspecified atom stereocenters. The third kappa shape index (κ3) is 3.66. The van der Waals surface area contributed by atoms with Gasteiger partial charge in [0.1, 0.15) is 5.75 Å². The minimum Gasteiger partial charge on any atom is -0.508 e. The first-order valence-electron chi connectivity index (χ1n) is 6.94. The van der Waals surface area contributed by atoms with E-state index in [1.807, 2.05) is 18.2 Å². The molecule has 2 N–H and O–H groups in total. The molecule has 0 amide bonds. The van der Waals surface area contributed by atoms with Gasteiger partial charge in [-0.1, -0.05) is 31.5 Å². The van der Waals surface area contributed by atoms with Crippen LogP contribution >= 0.6 is 11.8 Å². The minimum absolute atomic E-state index is 0.272. The number of phenols is 1. The summed E-state index contributed by atoms with van der Waals surface area (Å²) in [6.07, 6.45) is 5.08. The zero-order valence-electron chi connectivity index (χ0n) is 11.1. The number of rotatable bonds is 5. The first-order valence-corrected chi connectivity index (χ1v) is 7.99. The molecule has 1 saturated heterocycles. The van der Waals surface area contributed by atoms with Crippen LogP contribution in [-0.2, 0) is 0 Å². The van der Waals surface area contributed by atoms with Gasteiger partial charge in [-0.05, 0) is 31.1 Å². The highest BCUT2D eigenvalue weighted by atomic mass is 32.2. The summed E-state index contributed by atoms with van der Waals surface area (Å²) in [6, 6.07) is 7.94. The van der Waals surface area contributed by atoms with E-state index < -0.39 is 0 Å². The molecule has 2 atom stereocenters. The molecule has 0 radical (unpaired) electrons. The lowest BCUT2D eigenvalue weighted by Gasteiger charge is -2.25. The van der Waals surface area contributed by atoms with E-state index in [2.05, 4.69) is 24.0 Å². The van der Waals surface area contributed by atoms with Crippen molar-refractivity contribution in [2.24, 2.45) is 0 Å². The lowest BCUT2D eigenvalue weighted by molar-refractivity contribution is 0.438. The molecule has 0 saturated carbocycles. The summed E-state index contributed by atoms with van der Waals surface area (Å²) in [7, 11) is 0. The number of benzene rings is 1. The van der Waals surface area contributed by atoms with Crippen molar-refractivity contribution in [2.45, 2.75) is 43.9 Å². The van der Waals surface area contributed by atoms with Crippen molar-refractivity contribution in [3.05, 3.63) is 29.8 Å². The number of thioether (sulfide) groups is 1. The number of nitrogens with one attached hydrogen (secondary N) is 1. The Morgan fingerprint density at radius 3 is 2.89 bits per heavy atom. The molecule has 1 aromatic carbocycles. The molecule has 0 bridgehead atoms. The molecule has 0 spiro atoms. The summed E-state index contributed by atoms with van der Waals surface area (Å²) >= 11 is 2.09.